The predicted molar refractivity (Wildman–Crippen MR) is 118 cm³/mol. The molecule has 30 heavy (non-hydrogen) atoms. The van der Waals surface area contributed by atoms with Crippen LogP contribution in [0.15, 0.2) is 66.7 Å². The van der Waals surface area contributed by atoms with E-state index < -0.39 is 18.2 Å². The van der Waals surface area contributed by atoms with Crippen LogP contribution in [0.1, 0.15) is 31.8 Å². The van der Waals surface area contributed by atoms with E-state index in [9.17, 15) is 14.2 Å². The van der Waals surface area contributed by atoms with Crippen molar-refractivity contribution in [3.63, 3.8) is 0 Å². The van der Waals surface area contributed by atoms with Gasteiger partial charge in [0.05, 0.1) is 19.8 Å². The van der Waals surface area contributed by atoms with Crippen molar-refractivity contribution >= 4 is 23.5 Å². The normalized spacial score (nSPS) is 12.7. The molecular formula is C24H23O5P. The Morgan fingerprint density at radius 3 is 1.97 bits per heavy atom. The van der Waals surface area contributed by atoms with E-state index in [-0.39, 0.29) is 16.6 Å². The second-order valence-electron chi connectivity index (χ2n) is 6.89. The molecular weight excluding hydrogens is 399 g/mol. The number of carbonyl (C=O) groups excluding carboxylic acids is 2. The molecule has 1 unspecified atom stereocenters. The highest BCUT2D eigenvalue weighted by Crippen LogP contribution is 2.53. The maximum absolute atomic E-state index is 14.4. The van der Waals surface area contributed by atoms with Crippen LogP contribution in [0.3, 0.4) is 0 Å². The van der Waals surface area contributed by atoms with E-state index >= 15 is 0 Å². The number of hydrogen-bond acceptors (Lipinski definition) is 5. The molecule has 0 aliphatic carbocycles. The highest BCUT2D eigenvalue weighted by atomic mass is 31.2. The van der Waals surface area contributed by atoms with Crippen LogP contribution in [0.4, 0.5) is 0 Å². The Kier molecular flexibility index (Phi) is 6.23. The van der Waals surface area contributed by atoms with Gasteiger partial charge in [-0.05, 0) is 37.1 Å². The fraction of sp³-hybridized carbons (Fsp3) is 0.167. The van der Waals surface area contributed by atoms with Gasteiger partial charge in [-0.2, -0.15) is 0 Å². The topological polar surface area (TPSA) is 69.7 Å². The Morgan fingerprint density at radius 1 is 0.767 bits per heavy atom. The SMILES string of the molecule is COc1ccc(C(=O)P(=O)(C(=O)c2c(C)cccc2C)c2ccccc2)c(OC)c1. The lowest BCUT2D eigenvalue weighted by atomic mass is 10.0. The molecule has 0 aliphatic heterocycles. The monoisotopic (exact) mass is 422 g/mol. The first-order valence-corrected chi connectivity index (χ1v) is 11.1. The molecule has 0 aromatic heterocycles. The standard InChI is InChI=1S/C24H23O5P/c1-16-9-8-10-17(2)22(16)24(26)30(27,19-11-6-5-7-12-19)23(25)20-14-13-18(28-3)15-21(20)29-4/h5-15H,1-4H3. The highest BCUT2D eigenvalue weighted by molar-refractivity contribution is 8.01. The summed E-state index contributed by atoms with van der Waals surface area (Å²) in [5.74, 6) is 0.684. The number of rotatable bonds is 7. The molecule has 0 amide bonds. The summed E-state index contributed by atoms with van der Waals surface area (Å²) in [6.45, 7) is 3.54. The van der Waals surface area contributed by atoms with Crippen LogP contribution in [0.2, 0.25) is 0 Å². The minimum Gasteiger partial charge on any atom is -0.497 e. The van der Waals surface area contributed by atoms with E-state index in [2.05, 4.69) is 0 Å². The van der Waals surface area contributed by atoms with Crippen molar-refractivity contribution in [1.29, 1.82) is 0 Å². The molecule has 0 saturated heterocycles. The summed E-state index contributed by atoms with van der Waals surface area (Å²) in [6, 6.07) is 18.1. The maximum Gasteiger partial charge on any atom is 0.248 e. The van der Waals surface area contributed by atoms with Gasteiger partial charge in [-0.25, -0.2) is 0 Å². The zero-order valence-corrected chi connectivity index (χ0v) is 18.2. The van der Waals surface area contributed by atoms with Crippen molar-refractivity contribution in [2.75, 3.05) is 14.2 Å². The van der Waals surface area contributed by atoms with Crippen LogP contribution < -0.4 is 14.8 Å². The van der Waals surface area contributed by atoms with E-state index in [1.807, 2.05) is 6.07 Å². The Balaban J connectivity index is 2.26. The van der Waals surface area contributed by atoms with E-state index in [0.29, 0.717) is 22.4 Å². The average Bonchev–Trinajstić information content (AvgIpc) is 2.77. The number of methoxy groups -OCH3 is 2. The van der Waals surface area contributed by atoms with Crippen LogP contribution in [-0.2, 0) is 4.57 Å². The summed E-state index contributed by atoms with van der Waals surface area (Å²) < 4.78 is 24.9. The van der Waals surface area contributed by atoms with Crippen LogP contribution >= 0.6 is 7.14 Å². The van der Waals surface area contributed by atoms with Crippen molar-refractivity contribution in [3.8, 4) is 11.5 Å². The Hall–Kier alpha value is -3.17. The molecule has 0 saturated carbocycles. The lowest BCUT2D eigenvalue weighted by molar-refractivity contribution is 0.103. The second-order valence-corrected chi connectivity index (χ2v) is 9.44. The zero-order valence-electron chi connectivity index (χ0n) is 17.3. The molecule has 3 rings (SSSR count). The van der Waals surface area contributed by atoms with Gasteiger partial charge in [0.25, 0.3) is 0 Å². The molecule has 0 radical (unpaired) electrons. The quantitative estimate of drug-likeness (QED) is 0.502. The molecule has 0 bridgehead atoms. The molecule has 0 heterocycles. The Labute approximate surface area is 176 Å². The minimum atomic E-state index is -4.21. The van der Waals surface area contributed by atoms with Gasteiger partial charge in [0, 0.05) is 16.9 Å². The maximum atomic E-state index is 14.4. The molecule has 154 valence electrons. The van der Waals surface area contributed by atoms with Gasteiger partial charge in [-0.3, -0.25) is 9.59 Å². The lowest BCUT2D eigenvalue weighted by Gasteiger charge is -2.20. The first kappa shape index (κ1) is 21.5. The summed E-state index contributed by atoms with van der Waals surface area (Å²) in [7, 11) is -1.31. The third-order valence-corrected chi connectivity index (χ3v) is 7.66. The zero-order chi connectivity index (χ0) is 21.9. The number of benzene rings is 3. The predicted octanol–water partition coefficient (Wildman–Crippen LogP) is 4.99. The summed E-state index contributed by atoms with van der Waals surface area (Å²) in [5.41, 5.74) is 0.292. The van der Waals surface area contributed by atoms with Crippen LogP contribution in [0.5, 0.6) is 11.5 Å². The number of hydrogen-bond donors (Lipinski definition) is 0. The molecule has 5 nitrogen and oxygen atoms in total. The van der Waals surface area contributed by atoms with Gasteiger partial charge in [0.2, 0.25) is 18.2 Å². The van der Waals surface area contributed by atoms with Gasteiger partial charge in [-0.1, -0.05) is 48.5 Å². The van der Waals surface area contributed by atoms with E-state index in [0.717, 1.165) is 0 Å². The molecule has 0 fully saturated rings. The summed E-state index contributed by atoms with van der Waals surface area (Å²) in [6.07, 6.45) is 0. The third kappa shape index (κ3) is 3.69. The van der Waals surface area contributed by atoms with Crippen molar-refractivity contribution in [3.05, 3.63) is 89.0 Å². The first-order chi connectivity index (χ1) is 14.3. The summed E-state index contributed by atoms with van der Waals surface area (Å²) >= 11 is 0. The molecule has 0 spiro atoms. The van der Waals surface area contributed by atoms with Crippen LogP contribution in [-0.4, -0.2) is 25.3 Å². The minimum absolute atomic E-state index is 0.0741. The van der Waals surface area contributed by atoms with Crippen molar-refractivity contribution in [2.24, 2.45) is 0 Å². The highest BCUT2D eigenvalue weighted by Gasteiger charge is 2.44. The largest absolute Gasteiger partial charge is 0.497 e. The molecule has 3 aromatic carbocycles. The van der Waals surface area contributed by atoms with Crippen molar-refractivity contribution in [1.82, 2.24) is 0 Å². The molecule has 1 atom stereocenters. The van der Waals surface area contributed by atoms with Crippen LogP contribution in [0, 0.1) is 13.8 Å². The fourth-order valence-corrected chi connectivity index (χ4v) is 5.86. The van der Waals surface area contributed by atoms with Gasteiger partial charge >= 0.3 is 0 Å². The molecule has 0 N–H and O–H groups in total. The molecule has 3 aromatic rings. The Bertz CT molecular complexity index is 1130. The number of carbonyl (C=O) groups is 2. The molecule has 0 aliphatic rings. The van der Waals surface area contributed by atoms with Gasteiger partial charge in [-0.15, -0.1) is 0 Å². The first-order valence-electron chi connectivity index (χ1n) is 9.38. The van der Waals surface area contributed by atoms with Gasteiger partial charge in [0.1, 0.15) is 11.5 Å². The average molecular weight is 422 g/mol. The van der Waals surface area contributed by atoms with E-state index in [1.54, 1.807) is 62.4 Å². The van der Waals surface area contributed by atoms with E-state index in [1.165, 1.54) is 26.4 Å². The second kappa shape index (κ2) is 8.68. The smallest absolute Gasteiger partial charge is 0.248 e. The van der Waals surface area contributed by atoms with Gasteiger partial charge < -0.3 is 14.0 Å². The Morgan fingerprint density at radius 2 is 1.40 bits per heavy atom. The van der Waals surface area contributed by atoms with Crippen molar-refractivity contribution in [2.45, 2.75) is 13.8 Å². The number of ether oxygens (including phenoxy) is 2. The molecule has 6 heteroatoms. The van der Waals surface area contributed by atoms with Gasteiger partial charge in [0.15, 0.2) is 0 Å². The fourth-order valence-electron chi connectivity index (χ4n) is 3.42. The summed E-state index contributed by atoms with van der Waals surface area (Å²) in [5, 5.41) is 0.195. The van der Waals surface area contributed by atoms with E-state index in [4.69, 9.17) is 9.47 Å². The van der Waals surface area contributed by atoms with Crippen LogP contribution in [0.25, 0.3) is 0 Å². The lowest BCUT2D eigenvalue weighted by Crippen LogP contribution is -2.22. The number of aryl methyl sites for hydroxylation is 2. The summed E-state index contributed by atoms with van der Waals surface area (Å²) in [4.78, 5) is 27.4. The third-order valence-electron chi connectivity index (χ3n) is 5.03. The van der Waals surface area contributed by atoms with Crippen molar-refractivity contribution < 1.29 is 23.6 Å².